The Hall–Kier alpha value is -2.44. The Labute approximate surface area is 140 Å². The second-order valence-corrected chi connectivity index (χ2v) is 5.96. The summed E-state index contributed by atoms with van der Waals surface area (Å²) in [6, 6.07) is 6.19. The standard InChI is InChI=1S/C17H21FN4O2/c1-2-19-17(23)22-9-3-4-13(11-22)16-21-20-15(24-16)10-12-5-7-14(18)8-6-12/h5-8,13H,2-4,9-11H2,1H3,(H,19,23). The van der Waals surface area contributed by atoms with E-state index in [1.54, 1.807) is 17.0 Å². The summed E-state index contributed by atoms with van der Waals surface area (Å²) in [6.07, 6.45) is 2.31. The topological polar surface area (TPSA) is 71.3 Å². The highest BCUT2D eigenvalue weighted by atomic mass is 19.1. The smallest absolute Gasteiger partial charge is 0.317 e. The van der Waals surface area contributed by atoms with E-state index in [-0.39, 0.29) is 17.8 Å². The molecule has 1 aliphatic rings. The van der Waals surface area contributed by atoms with Crippen LogP contribution in [0.3, 0.4) is 0 Å². The summed E-state index contributed by atoms with van der Waals surface area (Å²) in [4.78, 5) is 13.8. The Morgan fingerprint density at radius 1 is 1.38 bits per heavy atom. The van der Waals surface area contributed by atoms with Crippen molar-refractivity contribution in [3.05, 3.63) is 47.4 Å². The second-order valence-electron chi connectivity index (χ2n) is 5.96. The monoisotopic (exact) mass is 332 g/mol. The number of likely N-dealkylation sites (tertiary alicyclic amines) is 1. The molecule has 1 N–H and O–H groups in total. The fourth-order valence-electron chi connectivity index (χ4n) is 2.91. The molecule has 2 aromatic rings. The van der Waals surface area contributed by atoms with Crippen LogP contribution in [0, 0.1) is 5.82 Å². The lowest BCUT2D eigenvalue weighted by Gasteiger charge is -2.30. The number of nitrogens with one attached hydrogen (secondary N) is 1. The van der Waals surface area contributed by atoms with Crippen molar-refractivity contribution in [2.45, 2.75) is 32.1 Å². The third kappa shape index (κ3) is 3.90. The van der Waals surface area contributed by atoms with Crippen molar-refractivity contribution >= 4 is 6.03 Å². The van der Waals surface area contributed by atoms with E-state index in [4.69, 9.17) is 4.42 Å². The van der Waals surface area contributed by atoms with Gasteiger partial charge in [-0.25, -0.2) is 9.18 Å². The first-order valence-electron chi connectivity index (χ1n) is 8.25. The molecule has 6 nitrogen and oxygen atoms in total. The first-order chi connectivity index (χ1) is 11.7. The van der Waals surface area contributed by atoms with Crippen LogP contribution in [0.1, 0.15) is 43.0 Å². The van der Waals surface area contributed by atoms with E-state index in [9.17, 15) is 9.18 Å². The minimum atomic E-state index is -0.266. The van der Waals surface area contributed by atoms with Crippen molar-refractivity contribution in [1.82, 2.24) is 20.4 Å². The molecule has 1 saturated heterocycles. The number of aromatic nitrogens is 2. The van der Waals surface area contributed by atoms with Crippen LogP contribution in [0.15, 0.2) is 28.7 Å². The molecule has 0 spiro atoms. The number of hydrogen-bond donors (Lipinski definition) is 1. The molecule has 1 unspecified atom stereocenters. The third-order valence-electron chi connectivity index (χ3n) is 4.14. The van der Waals surface area contributed by atoms with Gasteiger partial charge in [0.05, 0.1) is 12.3 Å². The molecule has 1 aromatic heterocycles. The number of hydrogen-bond acceptors (Lipinski definition) is 4. The molecule has 0 bridgehead atoms. The highest BCUT2D eigenvalue weighted by Gasteiger charge is 2.28. The van der Waals surface area contributed by atoms with E-state index in [1.807, 2.05) is 6.92 Å². The number of benzene rings is 1. The number of carbonyl (C=O) groups is 1. The molecular weight excluding hydrogens is 311 g/mol. The Balaban J connectivity index is 1.64. The van der Waals surface area contributed by atoms with Gasteiger partial charge in [-0.15, -0.1) is 10.2 Å². The van der Waals surface area contributed by atoms with E-state index in [0.29, 0.717) is 31.3 Å². The van der Waals surface area contributed by atoms with Gasteiger partial charge in [0.25, 0.3) is 0 Å². The first kappa shape index (κ1) is 16.4. The number of nitrogens with zero attached hydrogens (tertiary/aromatic N) is 3. The van der Waals surface area contributed by atoms with Gasteiger partial charge in [-0.05, 0) is 37.5 Å². The zero-order valence-corrected chi connectivity index (χ0v) is 13.7. The maximum Gasteiger partial charge on any atom is 0.317 e. The normalized spacial score (nSPS) is 17.8. The van der Waals surface area contributed by atoms with Gasteiger partial charge in [0.1, 0.15) is 5.82 Å². The van der Waals surface area contributed by atoms with Gasteiger partial charge in [-0.3, -0.25) is 0 Å². The van der Waals surface area contributed by atoms with E-state index in [1.165, 1.54) is 12.1 Å². The van der Waals surface area contributed by atoms with E-state index < -0.39 is 0 Å². The van der Waals surface area contributed by atoms with Crippen molar-refractivity contribution in [2.75, 3.05) is 19.6 Å². The molecule has 1 aliphatic heterocycles. The third-order valence-corrected chi connectivity index (χ3v) is 4.14. The summed E-state index contributed by atoms with van der Waals surface area (Å²) in [5, 5.41) is 11.0. The van der Waals surface area contributed by atoms with Gasteiger partial charge < -0.3 is 14.6 Å². The van der Waals surface area contributed by atoms with Crippen LogP contribution in [0.2, 0.25) is 0 Å². The SMILES string of the molecule is CCNC(=O)N1CCCC(c2nnc(Cc3ccc(F)cc3)o2)C1. The Morgan fingerprint density at radius 3 is 2.92 bits per heavy atom. The van der Waals surface area contributed by atoms with Gasteiger partial charge >= 0.3 is 6.03 Å². The first-order valence-corrected chi connectivity index (χ1v) is 8.25. The van der Waals surface area contributed by atoms with E-state index in [2.05, 4.69) is 15.5 Å². The fourth-order valence-corrected chi connectivity index (χ4v) is 2.91. The van der Waals surface area contributed by atoms with Crippen molar-refractivity contribution < 1.29 is 13.6 Å². The number of urea groups is 1. The van der Waals surface area contributed by atoms with Crippen molar-refractivity contribution in [1.29, 1.82) is 0 Å². The average molecular weight is 332 g/mol. The van der Waals surface area contributed by atoms with Crippen molar-refractivity contribution in [3.63, 3.8) is 0 Å². The number of halogens is 1. The molecule has 7 heteroatoms. The fraction of sp³-hybridized carbons (Fsp3) is 0.471. The minimum Gasteiger partial charge on any atom is -0.425 e. The number of carbonyl (C=O) groups excluding carboxylic acids is 1. The Bertz CT molecular complexity index is 686. The predicted molar refractivity (Wildman–Crippen MR) is 86.1 cm³/mol. The van der Waals surface area contributed by atoms with Crippen molar-refractivity contribution in [3.8, 4) is 0 Å². The highest BCUT2D eigenvalue weighted by molar-refractivity contribution is 5.74. The summed E-state index contributed by atoms with van der Waals surface area (Å²) >= 11 is 0. The summed E-state index contributed by atoms with van der Waals surface area (Å²) < 4.78 is 18.7. The van der Waals surface area contributed by atoms with Gasteiger partial charge in [-0.1, -0.05) is 12.1 Å². The Morgan fingerprint density at radius 2 is 2.17 bits per heavy atom. The van der Waals surface area contributed by atoms with Crippen LogP contribution < -0.4 is 5.32 Å². The van der Waals surface area contributed by atoms with Crippen LogP contribution in [-0.4, -0.2) is 40.8 Å². The van der Waals surface area contributed by atoms with Crippen LogP contribution >= 0.6 is 0 Å². The quantitative estimate of drug-likeness (QED) is 0.934. The van der Waals surface area contributed by atoms with E-state index in [0.717, 1.165) is 24.9 Å². The molecule has 1 atom stereocenters. The molecular formula is C17H21FN4O2. The Kier molecular flexibility index (Phi) is 5.08. The van der Waals surface area contributed by atoms with E-state index >= 15 is 0 Å². The van der Waals surface area contributed by atoms with Crippen LogP contribution in [-0.2, 0) is 6.42 Å². The van der Waals surface area contributed by atoms with Crippen LogP contribution in [0.4, 0.5) is 9.18 Å². The van der Waals surface area contributed by atoms with Gasteiger partial charge in [0.15, 0.2) is 0 Å². The summed E-state index contributed by atoms with van der Waals surface area (Å²) in [5.74, 6) is 0.876. The zero-order chi connectivity index (χ0) is 16.9. The molecule has 2 amide bonds. The number of rotatable bonds is 4. The highest BCUT2D eigenvalue weighted by Crippen LogP contribution is 2.26. The molecule has 128 valence electrons. The lowest BCUT2D eigenvalue weighted by atomic mass is 9.98. The molecule has 1 fully saturated rings. The van der Waals surface area contributed by atoms with Gasteiger partial charge in [0, 0.05) is 19.6 Å². The molecule has 2 heterocycles. The number of piperidine rings is 1. The summed E-state index contributed by atoms with van der Waals surface area (Å²) in [7, 11) is 0. The maximum atomic E-state index is 12.9. The summed E-state index contributed by atoms with van der Waals surface area (Å²) in [6.45, 7) is 3.85. The van der Waals surface area contributed by atoms with Gasteiger partial charge in [0.2, 0.25) is 11.8 Å². The molecule has 1 aromatic carbocycles. The molecule has 0 saturated carbocycles. The summed E-state index contributed by atoms with van der Waals surface area (Å²) in [5.41, 5.74) is 0.916. The van der Waals surface area contributed by atoms with Gasteiger partial charge in [-0.2, -0.15) is 0 Å². The lowest BCUT2D eigenvalue weighted by Crippen LogP contribution is -2.44. The largest absolute Gasteiger partial charge is 0.425 e. The average Bonchev–Trinajstić information content (AvgIpc) is 3.06. The minimum absolute atomic E-state index is 0.0479. The molecule has 0 radical (unpaired) electrons. The lowest BCUT2D eigenvalue weighted by molar-refractivity contribution is 0.174. The van der Waals surface area contributed by atoms with Crippen molar-refractivity contribution in [2.24, 2.45) is 0 Å². The van der Waals surface area contributed by atoms with Crippen LogP contribution in [0.25, 0.3) is 0 Å². The maximum absolute atomic E-state index is 12.9. The van der Waals surface area contributed by atoms with Crippen LogP contribution in [0.5, 0.6) is 0 Å². The molecule has 24 heavy (non-hydrogen) atoms. The second kappa shape index (κ2) is 7.42. The predicted octanol–water partition coefficient (Wildman–Crippen LogP) is 2.71. The zero-order valence-electron chi connectivity index (χ0n) is 13.7. The molecule has 0 aliphatic carbocycles. The number of amides is 2. The molecule has 3 rings (SSSR count).